The van der Waals surface area contributed by atoms with E-state index in [-0.39, 0.29) is 0 Å². The minimum absolute atomic E-state index is 0.568. The third-order valence-corrected chi connectivity index (χ3v) is 3.83. The monoisotopic (exact) mass is 312 g/mol. The molecule has 0 aliphatic rings. The Bertz CT molecular complexity index is 1030. The number of imidazole rings is 1. The van der Waals surface area contributed by atoms with Gasteiger partial charge in [-0.1, -0.05) is 29.8 Å². The Morgan fingerprint density at radius 1 is 1.14 bits per heavy atom. The van der Waals surface area contributed by atoms with Gasteiger partial charge in [0.05, 0.1) is 21.7 Å². The van der Waals surface area contributed by atoms with Crippen LogP contribution in [0.5, 0.6) is 0 Å². The van der Waals surface area contributed by atoms with Crippen molar-refractivity contribution in [3.05, 3.63) is 58.6 Å². The highest BCUT2D eigenvalue weighted by Gasteiger charge is 2.11. The number of hydrogen-bond donors (Lipinski definition) is 1. The number of pyridine rings is 2. The molecule has 3 heterocycles. The fourth-order valence-corrected chi connectivity index (χ4v) is 2.91. The van der Waals surface area contributed by atoms with Crippen molar-refractivity contribution in [3.8, 4) is 5.69 Å². The first-order valence-corrected chi connectivity index (χ1v) is 7.13. The van der Waals surface area contributed by atoms with Crippen LogP contribution in [-0.2, 0) is 0 Å². The van der Waals surface area contributed by atoms with E-state index in [0.717, 1.165) is 27.8 Å². The van der Waals surface area contributed by atoms with Crippen molar-refractivity contribution >= 4 is 45.9 Å². The number of hydrogen-bond acceptors (Lipinski definition) is 3. The van der Waals surface area contributed by atoms with Crippen LogP contribution in [0.25, 0.3) is 27.8 Å². The molecule has 0 radical (unpaired) electrons. The Hall–Kier alpha value is -2.24. The van der Waals surface area contributed by atoms with Gasteiger partial charge in [-0.25, -0.2) is 4.98 Å². The van der Waals surface area contributed by atoms with E-state index in [1.807, 2.05) is 41.0 Å². The Morgan fingerprint density at radius 2 is 2.00 bits per heavy atom. The first-order valence-electron chi connectivity index (χ1n) is 6.34. The molecule has 4 nitrogen and oxygen atoms in total. The molecule has 0 saturated heterocycles. The van der Waals surface area contributed by atoms with Gasteiger partial charge in [-0.3, -0.25) is 9.55 Å². The first kappa shape index (κ1) is 12.5. The van der Waals surface area contributed by atoms with Gasteiger partial charge >= 0.3 is 0 Å². The average Bonchev–Trinajstić information content (AvgIpc) is 2.81. The molecule has 3 aromatic heterocycles. The van der Waals surface area contributed by atoms with Crippen molar-refractivity contribution < 1.29 is 0 Å². The van der Waals surface area contributed by atoms with Crippen molar-refractivity contribution in [2.24, 2.45) is 0 Å². The highest BCUT2D eigenvalue weighted by molar-refractivity contribution is 7.71. The van der Waals surface area contributed by atoms with E-state index in [1.54, 1.807) is 12.4 Å². The third-order valence-electron chi connectivity index (χ3n) is 3.34. The maximum Gasteiger partial charge on any atom is 0.184 e. The zero-order valence-electron chi connectivity index (χ0n) is 10.7. The first-order chi connectivity index (χ1) is 10.2. The Kier molecular flexibility index (Phi) is 2.77. The topological polar surface area (TPSA) is 46.5 Å². The molecule has 0 atom stereocenters. The predicted octanol–water partition coefficient (Wildman–Crippen LogP) is 4.28. The van der Waals surface area contributed by atoms with Crippen LogP contribution in [0.3, 0.4) is 0 Å². The molecule has 102 valence electrons. The predicted molar refractivity (Wildman–Crippen MR) is 86.6 cm³/mol. The minimum atomic E-state index is 0.568. The Morgan fingerprint density at radius 3 is 2.90 bits per heavy atom. The number of halogens is 1. The average molecular weight is 313 g/mol. The summed E-state index contributed by atoms with van der Waals surface area (Å²) in [6.07, 6.45) is 3.39. The zero-order chi connectivity index (χ0) is 14.4. The number of benzene rings is 1. The van der Waals surface area contributed by atoms with Crippen molar-refractivity contribution in [2.75, 3.05) is 0 Å². The molecule has 1 N–H and O–H groups in total. The number of H-pyrrole nitrogens is 1. The molecule has 6 heteroatoms. The fraction of sp³-hybridized carbons (Fsp3) is 0. The summed E-state index contributed by atoms with van der Waals surface area (Å²) in [4.78, 5) is 12.0. The fourth-order valence-electron chi connectivity index (χ4n) is 2.46. The molecule has 0 unspecified atom stereocenters. The van der Waals surface area contributed by atoms with Crippen LogP contribution in [-0.4, -0.2) is 19.5 Å². The van der Waals surface area contributed by atoms with Gasteiger partial charge in [-0.15, -0.1) is 0 Å². The van der Waals surface area contributed by atoms with Crippen LogP contribution in [0.4, 0.5) is 0 Å². The van der Waals surface area contributed by atoms with Gasteiger partial charge in [0.15, 0.2) is 10.4 Å². The van der Waals surface area contributed by atoms with Crippen LogP contribution >= 0.6 is 23.8 Å². The van der Waals surface area contributed by atoms with Gasteiger partial charge in [0.25, 0.3) is 0 Å². The number of rotatable bonds is 1. The van der Waals surface area contributed by atoms with E-state index in [9.17, 15) is 0 Å². The molecule has 1 aromatic carbocycles. The van der Waals surface area contributed by atoms with E-state index in [1.165, 1.54) is 0 Å². The van der Waals surface area contributed by atoms with Crippen LogP contribution < -0.4 is 0 Å². The molecule has 0 spiro atoms. The lowest BCUT2D eigenvalue weighted by molar-refractivity contribution is 1.05. The molecule has 0 aliphatic carbocycles. The minimum Gasteiger partial charge on any atom is -0.329 e. The summed E-state index contributed by atoms with van der Waals surface area (Å²) >= 11 is 11.4. The lowest BCUT2D eigenvalue weighted by atomic mass is 10.2. The maximum atomic E-state index is 5.98. The number of nitrogens with zero attached hydrogens (tertiary/aromatic N) is 3. The molecule has 4 rings (SSSR count). The maximum absolute atomic E-state index is 5.98. The van der Waals surface area contributed by atoms with Crippen molar-refractivity contribution in [2.45, 2.75) is 0 Å². The second-order valence-corrected chi connectivity index (χ2v) is 5.47. The van der Waals surface area contributed by atoms with Gasteiger partial charge < -0.3 is 4.98 Å². The summed E-state index contributed by atoms with van der Waals surface area (Å²) in [6, 6.07) is 11.7. The number of aromatic amines is 1. The second-order valence-electron chi connectivity index (χ2n) is 4.64. The summed E-state index contributed by atoms with van der Waals surface area (Å²) in [7, 11) is 0. The molecule has 0 aliphatic heterocycles. The van der Waals surface area contributed by atoms with Crippen LogP contribution in [0, 0.1) is 4.77 Å². The number of aromatic nitrogens is 4. The summed E-state index contributed by atoms with van der Waals surface area (Å²) in [5, 5.41) is 1.63. The third kappa shape index (κ3) is 1.93. The number of fused-ring (bicyclic) bond motifs is 2. The highest BCUT2D eigenvalue weighted by atomic mass is 35.5. The number of nitrogens with one attached hydrogen (secondary N) is 1. The smallest absolute Gasteiger partial charge is 0.184 e. The molecule has 0 fully saturated rings. The molecular formula is C15H9ClN4S. The van der Waals surface area contributed by atoms with E-state index >= 15 is 0 Å². The van der Waals surface area contributed by atoms with E-state index in [0.29, 0.717) is 9.79 Å². The Balaban J connectivity index is 2.14. The largest absolute Gasteiger partial charge is 0.329 e. The van der Waals surface area contributed by atoms with Gasteiger partial charge in [-0.05, 0) is 30.4 Å². The van der Waals surface area contributed by atoms with Gasteiger partial charge in [-0.2, -0.15) is 0 Å². The summed E-state index contributed by atoms with van der Waals surface area (Å²) in [6.45, 7) is 0. The zero-order valence-corrected chi connectivity index (χ0v) is 12.3. The highest BCUT2D eigenvalue weighted by Crippen LogP contribution is 2.25. The summed E-state index contributed by atoms with van der Waals surface area (Å²) in [5.41, 5.74) is 3.33. The Labute approximate surface area is 130 Å². The molecule has 21 heavy (non-hydrogen) atoms. The summed E-state index contributed by atoms with van der Waals surface area (Å²) in [5.74, 6) is 0. The van der Waals surface area contributed by atoms with Crippen molar-refractivity contribution in [1.29, 1.82) is 0 Å². The molecule has 0 saturated carbocycles. The van der Waals surface area contributed by atoms with Crippen LogP contribution in [0.1, 0.15) is 0 Å². The molecule has 0 bridgehead atoms. The van der Waals surface area contributed by atoms with Crippen LogP contribution in [0.15, 0.2) is 48.8 Å². The van der Waals surface area contributed by atoms with Crippen molar-refractivity contribution in [3.63, 3.8) is 0 Å². The van der Waals surface area contributed by atoms with E-state index in [2.05, 4.69) is 15.0 Å². The summed E-state index contributed by atoms with van der Waals surface area (Å²) < 4.78 is 2.45. The van der Waals surface area contributed by atoms with E-state index in [4.69, 9.17) is 23.8 Å². The van der Waals surface area contributed by atoms with Gasteiger partial charge in [0.1, 0.15) is 0 Å². The normalized spacial score (nSPS) is 11.3. The molecule has 4 aromatic rings. The molecule has 0 amide bonds. The van der Waals surface area contributed by atoms with Crippen molar-refractivity contribution in [1.82, 2.24) is 19.5 Å². The lowest BCUT2D eigenvalue weighted by Gasteiger charge is -2.07. The van der Waals surface area contributed by atoms with Gasteiger partial charge in [0.2, 0.25) is 0 Å². The SMILES string of the molecule is S=c1[nH]c2cc(Cl)cnc2n1-c1cccc2cccnc12. The second kappa shape index (κ2) is 4.65. The lowest BCUT2D eigenvalue weighted by Crippen LogP contribution is -1.97. The standard InChI is InChI=1S/C15H9ClN4S/c16-10-7-11-14(18-8-10)20(15(21)19-11)12-5-1-3-9-4-2-6-17-13(9)12/h1-8H,(H,19,21). The van der Waals surface area contributed by atoms with Gasteiger partial charge in [0, 0.05) is 17.8 Å². The number of para-hydroxylation sites is 1. The molecular weight excluding hydrogens is 304 g/mol. The van der Waals surface area contributed by atoms with Crippen LogP contribution in [0.2, 0.25) is 5.02 Å². The quantitative estimate of drug-likeness (QED) is 0.533. The van der Waals surface area contributed by atoms with E-state index < -0.39 is 0 Å².